The minimum absolute atomic E-state index is 0.872. The highest BCUT2D eigenvalue weighted by molar-refractivity contribution is 6.24. The lowest BCUT2D eigenvalue weighted by Gasteiger charge is -2.18. The van der Waals surface area contributed by atoms with Gasteiger partial charge in [-0.3, -0.25) is 0 Å². The maximum atomic E-state index is 6.70. The zero-order valence-corrected chi connectivity index (χ0v) is 29.1. The highest BCUT2D eigenvalue weighted by atomic mass is 16.3. The van der Waals surface area contributed by atoms with Crippen LogP contribution in [0, 0.1) is 0 Å². The van der Waals surface area contributed by atoms with Crippen molar-refractivity contribution in [2.75, 3.05) is 0 Å². The van der Waals surface area contributed by atoms with E-state index in [9.17, 15) is 0 Å². The molecule has 0 atom stereocenters. The Morgan fingerprint density at radius 2 is 0.722 bits per heavy atom. The molecule has 0 aliphatic heterocycles. The molecule has 2 heteroatoms. The van der Waals surface area contributed by atoms with Gasteiger partial charge in [0.05, 0.1) is 0 Å². The molecule has 0 unspecified atom stereocenters. The fourth-order valence-electron chi connectivity index (χ4n) is 9.01. The topological polar surface area (TPSA) is 26.3 Å². The molecular formula is C52H30O2. The van der Waals surface area contributed by atoms with Gasteiger partial charge in [0.1, 0.15) is 22.3 Å². The van der Waals surface area contributed by atoms with Crippen LogP contribution in [0.2, 0.25) is 0 Å². The smallest absolute Gasteiger partial charge is 0.136 e. The highest BCUT2D eigenvalue weighted by Crippen LogP contribution is 2.46. The van der Waals surface area contributed by atoms with Crippen LogP contribution in [0.4, 0.5) is 0 Å². The molecule has 0 spiro atoms. The standard InChI is InChI=1S/C52H30O2/c1-3-13-36-31(10-1)12-9-19-40(36)51-43-17-7-5-15-41(43)50(42-16-6-8-18-44(42)51)35-22-25-39-38-24-20-33(28-47(38)54-48(39)30-35)34-21-26-45-49(29-34)53-46-27-23-32-11-2-4-14-37(32)52(45)46/h1-30H. The van der Waals surface area contributed by atoms with Crippen molar-refractivity contribution < 1.29 is 8.83 Å². The van der Waals surface area contributed by atoms with E-state index in [4.69, 9.17) is 8.83 Å². The molecule has 0 radical (unpaired) electrons. The Labute approximate surface area is 310 Å². The number of rotatable bonds is 3. The molecule has 250 valence electrons. The Hall–Kier alpha value is -7.16. The summed E-state index contributed by atoms with van der Waals surface area (Å²) in [7, 11) is 0. The minimum Gasteiger partial charge on any atom is -0.456 e. The summed E-state index contributed by atoms with van der Waals surface area (Å²) in [5.74, 6) is 0. The zero-order chi connectivity index (χ0) is 35.3. The molecule has 2 heterocycles. The van der Waals surface area contributed by atoms with Crippen molar-refractivity contribution in [3.8, 4) is 33.4 Å². The van der Waals surface area contributed by atoms with E-state index in [-0.39, 0.29) is 0 Å². The van der Waals surface area contributed by atoms with E-state index < -0.39 is 0 Å². The summed E-state index contributed by atoms with van der Waals surface area (Å²) in [5, 5.41) is 14.4. The van der Waals surface area contributed by atoms with Crippen molar-refractivity contribution in [1.82, 2.24) is 0 Å². The number of fused-ring (bicyclic) bond motifs is 11. The van der Waals surface area contributed by atoms with E-state index in [1.807, 2.05) is 0 Å². The van der Waals surface area contributed by atoms with Gasteiger partial charge in [0.15, 0.2) is 0 Å². The molecule has 0 amide bonds. The van der Waals surface area contributed by atoms with E-state index in [0.29, 0.717) is 0 Å². The van der Waals surface area contributed by atoms with Gasteiger partial charge < -0.3 is 8.83 Å². The van der Waals surface area contributed by atoms with Crippen LogP contribution in [0.5, 0.6) is 0 Å². The Balaban J connectivity index is 1.01. The molecule has 0 aliphatic carbocycles. The van der Waals surface area contributed by atoms with E-state index in [1.165, 1.54) is 65.2 Å². The molecule has 0 saturated heterocycles. The SMILES string of the molecule is c1ccc2c(-c3c4ccccc4c(-c4ccc5c(c4)oc4cc(-c6ccc7c(c6)oc6ccc8ccccc8c67)ccc45)c4ccccc34)cccc2c1. The van der Waals surface area contributed by atoms with E-state index in [0.717, 1.165) is 55.2 Å². The highest BCUT2D eigenvalue weighted by Gasteiger charge is 2.19. The molecule has 10 aromatic carbocycles. The van der Waals surface area contributed by atoms with Crippen LogP contribution in [0.25, 0.3) is 120 Å². The first-order valence-electron chi connectivity index (χ1n) is 18.5. The molecule has 0 aliphatic rings. The molecule has 12 aromatic rings. The second-order valence-electron chi connectivity index (χ2n) is 14.4. The monoisotopic (exact) mass is 686 g/mol. The predicted octanol–water partition coefficient (Wildman–Crippen LogP) is 15.1. The Kier molecular flexibility index (Phi) is 6.09. The summed E-state index contributed by atoms with van der Waals surface area (Å²) in [6, 6.07) is 65.5. The first kappa shape index (κ1) is 29.4. The quantitative estimate of drug-likeness (QED) is 0.173. The Bertz CT molecular complexity index is 3440. The van der Waals surface area contributed by atoms with Crippen molar-refractivity contribution in [2.24, 2.45) is 0 Å². The summed E-state index contributed by atoms with van der Waals surface area (Å²) in [6.45, 7) is 0. The van der Waals surface area contributed by atoms with Crippen LogP contribution >= 0.6 is 0 Å². The summed E-state index contributed by atoms with van der Waals surface area (Å²) in [5.41, 5.74) is 10.6. The van der Waals surface area contributed by atoms with Crippen LogP contribution < -0.4 is 0 Å². The molecule has 0 N–H and O–H groups in total. The lowest BCUT2D eigenvalue weighted by molar-refractivity contribution is 0.668. The molecule has 0 bridgehead atoms. The van der Waals surface area contributed by atoms with Crippen molar-refractivity contribution >= 4 is 87.0 Å². The van der Waals surface area contributed by atoms with Gasteiger partial charge in [0.25, 0.3) is 0 Å². The Morgan fingerprint density at radius 3 is 1.39 bits per heavy atom. The molecule has 0 fully saturated rings. The average molecular weight is 687 g/mol. The van der Waals surface area contributed by atoms with Crippen LogP contribution in [-0.2, 0) is 0 Å². The van der Waals surface area contributed by atoms with Gasteiger partial charge in [0.2, 0.25) is 0 Å². The van der Waals surface area contributed by atoms with Crippen LogP contribution in [-0.4, -0.2) is 0 Å². The fraction of sp³-hybridized carbons (Fsp3) is 0. The van der Waals surface area contributed by atoms with Gasteiger partial charge in [-0.15, -0.1) is 0 Å². The van der Waals surface area contributed by atoms with Crippen molar-refractivity contribution in [3.63, 3.8) is 0 Å². The molecule has 54 heavy (non-hydrogen) atoms. The van der Waals surface area contributed by atoms with Gasteiger partial charge >= 0.3 is 0 Å². The third kappa shape index (κ3) is 4.22. The maximum Gasteiger partial charge on any atom is 0.136 e. The van der Waals surface area contributed by atoms with Crippen molar-refractivity contribution in [2.45, 2.75) is 0 Å². The first-order valence-corrected chi connectivity index (χ1v) is 18.5. The van der Waals surface area contributed by atoms with Gasteiger partial charge in [-0.25, -0.2) is 0 Å². The third-order valence-electron chi connectivity index (χ3n) is 11.4. The maximum absolute atomic E-state index is 6.70. The normalized spacial score (nSPS) is 12.1. The largest absolute Gasteiger partial charge is 0.456 e. The lowest BCUT2D eigenvalue weighted by atomic mass is 9.84. The first-order chi connectivity index (χ1) is 26.8. The van der Waals surface area contributed by atoms with E-state index in [2.05, 4.69) is 182 Å². The zero-order valence-electron chi connectivity index (χ0n) is 29.1. The van der Waals surface area contributed by atoms with Crippen molar-refractivity contribution in [1.29, 1.82) is 0 Å². The Morgan fingerprint density at radius 1 is 0.259 bits per heavy atom. The van der Waals surface area contributed by atoms with Crippen molar-refractivity contribution in [3.05, 3.63) is 182 Å². The third-order valence-corrected chi connectivity index (χ3v) is 11.4. The van der Waals surface area contributed by atoms with Gasteiger partial charge in [-0.05, 0) is 119 Å². The molecule has 0 saturated carbocycles. The molecule has 2 aromatic heterocycles. The lowest BCUT2D eigenvalue weighted by Crippen LogP contribution is -1.91. The number of furan rings is 2. The van der Waals surface area contributed by atoms with Gasteiger partial charge in [-0.1, -0.05) is 140 Å². The van der Waals surface area contributed by atoms with E-state index >= 15 is 0 Å². The van der Waals surface area contributed by atoms with Crippen LogP contribution in [0.1, 0.15) is 0 Å². The minimum atomic E-state index is 0.872. The number of benzene rings is 10. The summed E-state index contributed by atoms with van der Waals surface area (Å²) < 4.78 is 13.1. The molecule has 2 nitrogen and oxygen atoms in total. The van der Waals surface area contributed by atoms with Crippen LogP contribution in [0.3, 0.4) is 0 Å². The second kappa shape index (κ2) is 11.2. The average Bonchev–Trinajstić information content (AvgIpc) is 3.80. The summed E-state index contributed by atoms with van der Waals surface area (Å²) in [4.78, 5) is 0. The van der Waals surface area contributed by atoms with Gasteiger partial charge in [-0.2, -0.15) is 0 Å². The summed E-state index contributed by atoms with van der Waals surface area (Å²) >= 11 is 0. The predicted molar refractivity (Wildman–Crippen MR) is 227 cm³/mol. The van der Waals surface area contributed by atoms with Gasteiger partial charge in [0, 0.05) is 21.5 Å². The van der Waals surface area contributed by atoms with Crippen LogP contribution in [0.15, 0.2) is 191 Å². The second-order valence-corrected chi connectivity index (χ2v) is 14.4. The molecule has 12 rings (SSSR count). The fourth-order valence-corrected chi connectivity index (χ4v) is 9.01. The number of hydrogen-bond donors (Lipinski definition) is 0. The summed E-state index contributed by atoms with van der Waals surface area (Å²) in [6.07, 6.45) is 0. The molecular weight excluding hydrogens is 657 g/mol. The number of hydrogen-bond acceptors (Lipinski definition) is 2. The van der Waals surface area contributed by atoms with E-state index in [1.54, 1.807) is 0 Å².